The number of rotatable bonds is 10. The molecule has 6 atom stereocenters. The smallest absolute Gasteiger partial charge is 0.315 e. The predicted molar refractivity (Wildman–Crippen MR) is 172 cm³/mol. The molecule has 1 saturated carbocycles. The molecule has 2 heterocycles. The van der Waals surface area contributed by atoms with Crippen LogP contribution >= 0.6 is 0 Å². The van der Waals surface area contributed by atoms with Crippen molar-refractivity contribution in [2.45, 2.75) is 98.4 Å². The van der Waals surface area contributed by atoms with Crippen molar-refractivity contribution in [2.75, 3.05) is 13.1 Å². The Hall–Kier alpha value is -3.96. The molecule has 3 fully saturated rings. The topological polar surface area (TPSA) is 166 Å². The van der Waals surface area contributed by atoms with E-state index in [1.165, 1.54) is 4.90 Å². The van der Waals surface area contributed by atoms with E-state index in [0.717, 1.165) is 5.56 Å². The van der Waals surface area contributed by atoms with Crippen molar-refractivity contribution in [1.29, 1.82) is 0 Å². The van der Waals surface area contributed by atoms with Crippen LogP contribution in [0, 0.1) is 28.6 Å². The van der Waals surface area contributed by atoms with Crippen molar-refractivity contribution in [2.24, 2.45) is 28.6 Å². The van der Waals surface area contributed by atoms with Crippen molar-refractivity contribution in [3.63, 3.8) is 0 Å². The Morgan fingerprint density at radius 1 is 1.00 bits per heavy atom. The highest BCUT2D eigenvalue weighted by Crippen LogP contribution is 2.65. The minimum Gasteiger partial charge on any atom is -0.356 e. The lowest BCUT2D eigenvalue weighted by atomic mass is 9.85. The Morgan fingerprint density at radius 3 is 2.22 bits per heavy atom. The number of ketones is 1. The van der Waals surface area contributed by atoms with E-state index in [1.807, 2.05) is 85.7 Å². The Kier molecular flexibility index (Phi) is 9.89. The molecular formula is C34H50N6O6. The lowest BCUT2D eigenvalue weighted by molar-refractivity contribution is -0.145. The summed E-state index contributed by atoms with van der Waals surface area (Å²) < 4.78 is 0. The van der Waals surface area contributed by atoms with Gasteiger partial charge in [-0.15, -0.1) is 0 Å². The molecule has 1 aromatic rings. The minimum atomic E-state index is -1.26. The molecule has 0 bridgehead atoms. The number of urea groups is 1. The van der Waals surface area contributed by atoms with Crippen molar-refractivity contribution in [3.8, 4) is 0 Å². The van der Waals surface area contributed by atoms with Crippen LogP contribution in [0.4, 0.5) is 4.79 Å². The predicted octanol–water partition coefficient (Wildman–Crippen LogP) is 1.88. The van der Waals surface area contributed by atoms with E-state index < -0.39 is 64.5 Å². The summed E-state index contributed by atoms with van der Waals surface area (Å²) in [6, 6.07) is 5.53. The minimum absolute atomic E-state index is 0.0353. The van der Waals surface area contributed by atoms with Crippen LogP contribution in [0.15, 0.2) is 30.3 Å². The molecule has 2 saturated heterocycles. The maximum Gasteiger partial charge on any atom is 0.315 e. The average Bonchev–Trinajstić information content (AvgIpc) is 3.30. The normalized spacial score (nSPS) is 24.6. The van der Waals surface area contributed by atoms with Crippen LogP contribution < -0.4 is 26.6 Å². The molecule has 46 heavy (non-hydrogen) atoms. The number of benzene rings is 1. The largest absolute Gasteiger partial charge is 0.356 e. The number of carbonyl (C=O) groups is 6. The number of hydrogen-bond donors (Lipinski definition) is 5. The summed E-state index contributed by atoms with van der Waals surface area (Å²) in [5, 5.41) is 13.8. The van der Waals surface area contributed by atoms with Gasteiger partial charge in [-0.3, -0.25) is 24.0 Å². The molecule has 0 aromatic heterocycles. The SMILES string of the molecule is CC(C)(C)NC(=O)NC(C(=O)N1C[C@H]2[C@@H]([C@H]1C(=O)NC(C[C@@H]1CCNC1=O)C(=O)C(=O)NCc1ccccc1)C2(C)C)C(C)(C)C. The van der Waals surface area contributed by atoms with Gasteiger partial charge in [-0.2, -0.15) is 0 Å². The number of nitrogens with zero attached hydrogens (tertiary/aromatic N) is 1. The Labute approximate surface area is 271 Å². The number of Topliss-reactive ketones (excluding diaryl/α,β-unsaturated/α-hetero) is 1. The maximum absolute atomic E-state index is 14.2. The summed E-state index contributed by atoms with van der Waals surface area (Å²) in [5.74, 6) is -3.54. The van der Waals surface area contributed by atoms with Gasteiger partial charge in [0.15, 0.2) is 0 Å². The van der Waals surface area contributed by atoms with Gasteiger partial charge in [0.2, 0.25) is 23.5 Å². The first-order valence-corrected chi connectivity index (χ1v) is 16.1. The second-order valence-electron chi connectivity index (χ2n) is 15.6. The molecule has 0 radical (unpaired) electrons. The van der Waals surface area contributed by atoms with E-state index in [2.05, 4.69) is 26.6 Å². The summed E-state index contributed by atoms with van der Waals surface area (Å²) in [5.41, 5.74) is -0.617. The van der Waals surface area contributed by atoms with Crippen LogP contribution in [0.3, 0.4) is 0 Å². The average molecular weight is 639 g/mol. The van der Waals surface area contributed by atoms with E-state index in [9.17, 15) is 28.8 Å². The second kappa shape index (κ2) is 13.0. The van der Waals surface area contributed by atoms with Crippen LogP contribution in [0.25, 0.3) is 0 Å². The quantitative estimate of drug-likeness (QED) is 0.246. The zero-order valence-corrected chi connectivity index (χ0v) is 28.3. The molecule has 12 nitrogen and oxygen atoms in total. The van der Waals surface area contributed by atoms with Gasteiger partial charge in [-0.25, -0.2) is 4.79 Å². The highest BCUT2D eigenvalue weighted by Gasteiger charge is 2.70. The van der Waals surface area contributed by atoms with Gasteiger partial charge < -0.3 is 31.5 Å². The highest BCUT2D eigenvalue weighted by atomic mass is 16.2. The van der Waals surface area contributed by atoms with E-state index >= 15 is 0 Å². The summed E-state index contributed by atoms with van der Waals surface area (Å²) in [6.07, 6.45) is 0.442. The second-order valence-corrected chi connectivity index (χ2v) is 15.6. The summed E-state index contributed by atoms with van der Waals surface area (Å²) in [4.78, 5) is 81.7. The van der Waals surface area contributed by atoms with Gasteiger partial charge >= 0.3 is 6.03 Å². The van der Waals surface area contributed by atoms with Crippen molar-refractivity contribution >= 4 is 35.4 Å². The molecule has 12 heteroatoms. The highest BCUT2D eigenvalue weighted by molar-refractivity contribution is 6.38. The number of fused-ring (bicyclic) bond motifs is 1. The van der Waals surface area contributed by atoms with E-state index in [0.29, 0.717) is 19.5 Å². The molecule has 5 N–H and O–H groups in total. The number of carbonyl (C=O) groups excluding carboxylic acids is 6. The number of likely N-dealkylation sites (tertiary alicyclic amines) is 1. The third kappa shape index (κ3) is 7.87. The maximum atomic E-state index is 14.2. The van der Waals surface area contributed by atoms with E-state index in [1.54, 1.807) is 0 Å². The fraction of sp³-hybridized carbons (Fsp3) is 0.647. The Bertz CT molecular complexity index is 1360. The Balaban J connectivity index is 1.56. The standard InChI is InChI=1S/C34H50N6O6/c1-32(2,3)26(38-31(46)39-33(4,5)6)30(45)40-18-21-23(34(21,7)8)24(40)28(43)37-22(16-20-14-15-35-27(20)42)25(41)29(44)36-17-19-12-10-9-11-13-19/h9-13,20-24,26H,14-18H2,1-8H3,(H,35,42)(H,36,44)(H,37,43)(H2,38,39,46)/t20-,21-,22?,23-,24-,26?/m0/s1. The van der Waals surface area contributed by atoms with Gasteiger partial charge in [-0.05, 0) is 61.8 Å². The number of hydrogen-bond acceptors (Lipinski definition) is 6. The molecular weight excluding hydrogens is 588 g/mol. The van der Waals surface area contributed by atoms with Crippen LogP contribution in [0.5, 0.6) is 0 Å². The fourth-order valence-electron chi connectivity index (χ4n) is 6.80. The van der Waals surface area contributed by atoms with Crippen LogP contribution in [0.2, 0.25) is 0 Å². The van der Waals surface area contributed by atoms with E-state index in [-0.39, 0.29) is 36.1 Å². The van der Waals surface area contributed by atoms with Gasteiger partial charge in [0.05, 0.1) is 6.04 Å². The number of nitrogens with one attached hydrogen (secondary N) is 5. The first kappa shape index (κ1) is 34.9. The van der Waals surface area contributed by atoms with Crippen molar-refractivity contribution < 1.29 is 28.8 Å². The fourth-order valence-corrected chi connectivity index (χ4v) is 6.80. The van der Waals surface area contributed by atoms with E-state index in [4.69, 9.17) is 0 Å². The van der Waals surface area contributed by atoms with Gasteiger partial charge in [0.25, 0.3) is 5.91 Å². The summed E-state index contributed by atoms with van der Waals surface area (Å²) in [6.45, 7) is 16.0. The van der Waals surface area contributed by atoms with Crippen molar-refractivity contribution in [3.05, 3.63) is 35.9 Å². The molecule has 2 aliphatic heterocycles. The van der Waals surface area contributed by atoms with Crippen LogP contribution in [-0.4, -0.2) is 77.1 Å². The first-order chi connectivity index (χ1) is 21.3. The van der Waals surface area contributed by atoms with Gasteiger partial charge in [-0.1, -0.05) is 65.0 Å². The first-order valence-electron chi connectivity index (χ1n) is 16.1. The third-order valence-corrected chi connectivity index (χ3v) is 9.47. The van der Waals surface area contributed by atoms with Crippen LogP contribution in [0.1, 0.15) is 73.8 Å². The van der Waals surface area contributed by atoms with Crippen molar-refractivity contribution in [1.82, 2.24) is 31.5 Å². The molecule has 252 valence electrons. The lowest BCUT2D eigenvalue weighted by Crippen LogP contribution is -2.62. The molecule has 1 aromatic carbocycles. The van der Waals surface area contributed by atoms with Gasteiger partial charge in [0, 0.05) is 31.1 Å². The number of piperidine rings is 1. The molecule has 1 aliphatic carbocycles. The summed E-state index contributed by atoms with van der Waals surface area (Å²) in [7, 11) is 0. The third-order valence-electron chi connectivity index (χ3n) is 9.47. The lowest BCUT2D eigenvalue weighted by Gasteiger charge is -2.38. The molecule has 4 rings (SSSR count). The zero-order chi connectivity index (χ0) is 34.2. The molecule has 2 unspecified atom stereocenters. The molecule has 3 aliphatic rings. The molecule has 6 amide bonds. The Morgan fingerprint density at radius 2 is 1.65 bits per heavy atom. The summed E-state index contributed by atoms with van der Waals surface area (Å²) >= 11 is 0. The number of amides is 6. The van der Waals surface area contributed by atoms with Gasteiger partial charge in [0.1, 0.15) is 12.1 Å². The zero-order valence-electron chi connectivity index (χ0n) is 28.3. The monoisotopic (exact) mass is 638 g/mol. The molecule has 0 spiro atoms. The van der Waals surface area contributed by atoms with Crippen LogP contribution in [-0.2, 0) is 30.5 Å².